The Morgan fingerprint density at radius 2 is 1.37 bits per heavy atom. The summed E-state index contributed by atoms with van der Waals surface area (Å²) < 4.78 is 0. The van der Waals surface area contributed by atoms with Crippen LogP contribution in [0.3, 0.4) is 0 Å². The summed E-state index contributed by atoms with van der Waals surface area (Å²) in [7, 11) is 0. The minimum absolute atomic E-state index is 0.513. The molecular formula is C31H40N4. The van der Waals surface area contributed by atoms with Crippen LogP contribution in [-0.2, 0) is 13.1 Å². The molecule has 0 unspecified atom stereocenters. The fourth-order valence-electron chi connectivity index (χ4n) is 5.84. The number of rotatable bonds is 6. The van der Waals surface area contributed by atoms with Gasteiger partial charge in [0.1, 0.15) is 0 Å². The minimum atomic E-state index is 0.513. The molecule has 0 bridgehead atoms. The fourth-order valence-corrected chi connectivity index (χ4v) is 5.84. The Hall–Kier alpha value is -2.82. The number of nitrogens with zero attached hydrogens (tertiary/aromatic N) is 4. The van der Waals surface area contributed by atoms with Gasteiger partial charge in [0.25, 0.3) is 0 Å². The SMILES string of the molecule is Cc1cc(N2CCN(Cc3ccccc3)C[C@@H]2C)ccc1N1CCN(Cc2ccccc2)[C@@H](C)C1. The molecule has 3 aromatic carbocycles. The van der Waals surface area contributed by atoms with Crippen LogP contribution in [0, 0.1) is 6.92 Å². The van der Waals surface area contributed by atoms with Gasteiger partial charge in [-0.3, -0.25) is 9.80 Å². The van der Waals surface area contributed by atoms with Crippen molar-refractivity contribution in [3.05, 3.63) is 95.6 Å². The lowest BCUT2D eigenvalue weighted by Crippen LogP contribution is -2.52. The molecular weight excluding hydrogens is 428 g/mol. The molecule has 0 radical (unpaired) electrons. The standard InChI is InChI=1S/C31H40N4/c1-25-20-30(35-19-16-32(21-27(35)3)23-28-10-6-4-7-11-28)14-15-31(25)34-18-17-33(26(2)22-34)24-29-12-8-5-9-13-29/h4-15,20,26-27H,16-19,21-24H2,1-3H3/t26-,27-/m0/s1. The van der Waals surface area contributed by atoms with Gasteiger partial charge in [0, 0.05) is 75.8 Å². The highest BCUT2D eigenvalue weighted by atomic mass is 15.3. The summed E-state index contributed by atoms with van der Waals surface area (Å²) in [6, 6.07) is 29.9. The molecule has 2 fully saturated rings. The maximum absolute atomic E-state index is 2.62. The molecule has 2 heterocycles. The second-order valence-corrected chi connectivity index (χ2v) is 10.5. The van der Waals surface area contributed by atoms with Crippen LogP contribution in [0.4, 0.5) is 11.4 Å². The number of aryl methyl sites for hydroxylation is 1. The number of benzene rings is 3. The van der Waals surface area contributed by atoms with Gasteiger partial charge in [-0.1, -0.05) is 60.7 Å². The Balaban J connectivity index is 1.19. The molecule has 2 saturated heterocycles. The zero-order valence-corrected chi connectivity index (χ0v) is 21.6. The largest absolute Gasteiger partial charge is 0.368 e. The van der Waals surface area contributed by atoms with E-state index in [4.69, 9.17) is 0 Å². The summed E-state index contributed by atoms with van der Waals surface area (Å²) in [5.41, 5.74) is 6.98. The first-order valence-electron chi connectivity index (χ1n) is 13.2. The van der Waals surface area contributed by atoms with E-state index in [1.54, 1.807) is 0 Å². The van der Waals surface area contributed by atoms with Crippen LogP contribution < -0.4 is 9.80 Å². The number of hydrogen-bond donors (Lipinski definition) is 0. The molecule has 0 N–H and O–H groups in total. The lowest BCUT2D eigenvalue weighted by Gasteiger charge is -2.43. The Morgan fingerprint density at radius 1 is 0.686 bits per heavy atom. The molecule has 0 aromatic heterocycles. The first-order valence-corrected chi connectivity index (χ1v) is 13.2. The highest BCUT2D eigenvalue weighted by Gasteiger charge is 2.27. The molecule has 184 valence electrons. The summed E-state index contributed by atoms with van der Waals surface area (Å²) in [5, 5.41) is 0. The van der Waals surface area contributed by atoms with Crippen LogP contribution in [0.1, 0.15) is 30.5 Å². The Morgan fingerprint density at radius 3 is 2.00 bits per heavy atom. The molecule has 0 spiro atoms. The number of anilines is 2. The lowest BCUT2D eigenvalue weighted by molar-refractivity contribution is 0.181. The van der Waals surface area contributed by atoms with Gasteiger partial charge < -0.3 is 9.80 Å². The van der Waals surface area contributed by atoms with Crippen LogP contribution in [-0.4, -0.2) is 61.2 Å². The summed E-state index contributed by atoms with van der Waals surface area (Å²) >= 11 is 0. The molecule has 0 amide bonds. The van der Waals surface area contributed by atoms with E-state index in [2.05, 4.69) is 119 Å². The summed E-state index contributed by atoms with van der Waals surface area (Å²) in [5.74, 6) is 0. The van der Waals surface area contributed by atoms with E-state index in [1.807, 2.05) is 0 Å². The average Bonchev–Trinajstić information content (AvgIpc) is 2.87. The second kappa shape index (κ2) is 10.8. The van der Waals surface area contributed by atoms with Crippen molar-refractivity contribution < 1.29 is 0 Å². The molecule has 4 nitrogen and oxygen atoms in total. The monoisotopic (exact) mass is 468 g/mol. The van der Waals surface area contributed by atoms with E-state index in [-0.39, 0.29) is 0 Å². The maximum atomic E-state index is 2.62. The van der Waals surface area contributed by atoms with E-state index in [1.165, 1.54) is 28.1 Å². The zero-order chi connectivity index (χ0) is 24.2. The third kappa shape index (κ3) is 5.71. The van der Waals surface area contributed by atoms with Crippen LogP contribution >= 0.6 is 0 Å². The normalized spacial score (nSPS) is 21.9. The van der Waals surface area contributed by atoms with Gasteiger partial charge in [-0.25, -0.2) is 0 Å². The molecule has 3 aromatic rings. The summed E-state index contributed by atoms with van der Waals surface area (Å²) in [4.78, 5) is 10.4. The van der Waals surface area contributed by atoms with Crippen LogP contribution in [0.2, 0.25) is 0 Å². The second-order valence-electron chi connectivity index (χ2n) is 10.5. The number of piperazine rings is 2. The predicted molar refractivity (Wildman–Crippen MR) is 148 cm³/mol. The Labute approximate surface area is 211 Å². The van der Waals surface area contributed by atoms with Gasteiger partial charge in [0.2, 0.25) is 0 Å². The lowest BCUT2D eigenvalue weighted by atomic mass is 10.1. The van der Waals surface area contributed by atoms with Gasteiger partial charge in [-0.2, -0.15) is 0 Å². The minimum Gasteiger partial charge on any atom is -0.368 e. The quantitative estimate of drug-likeness (QED) is 0.479. The van der Waals surface area contributed by atoms with Crippen LogP contribution in [0.15, 0.2) is 78.9 Å². The van der Waals surface area contributed by atoms with E-state index in [9.17, 15) is 0 Å². The van der Waals surface area contributed by atoms with Gasteiger partial charge >= 0.3 is 0 Å². The highest BCUT2D eigenvalue weighted by Crippen LogP contribution is 2.30. The van der Waals surface area contributed by atoms with Crippen molar-refractivity contribution in [2.24, 2.45) is 0 Å². The van der Waals surface area contributed by atoms with Gasteiger partial charge in [0.05, 0.1) is 0 Å². The van der Waals surface area contributed by atoms with Crippen molar-refractivity contribution in [1.82, 2.24) is 9.80 Å². The molecule has 35 heavy (non-hydrogen) atoms. The molecule has 2 aliphatic rings. The van der Waals surface area contributed by atoms with Crippen LogP contribution in [0.5, 0.6) is 0 Å². The first-order chi connectivity index (χ1) is 17.1. The fraction of sp³-hybridized carbons (Fsp3) is 0.419. The smallest absolute Gasteiger partial charge is 0.0398 e. The van der Waals surface area contributed by atoms with Crippen molar-refractivity contribution in [3.63, 3.8) is 0 Å². The van der Waals surface area contributed by atoms with E-state index >= 15 is 0 Å². The molecule has 2 atom stereocenters. The van der Waals surface area contributed by atoms with E-state index in [0.29, 0.717) is 12.1 Å². The van der Waals surface area contributed by atoms with Crippen molar-refractivity contribution >= 4 is 11.4 Å². The third-order valence-corrected chi connectivity index (χ3v) is 7.81. The summed E-state index contributed by atoms with van der Waals surface area (Å²) in [6.45, 7) is 15.7. The van der Waals surface area contributed by atoms with Crippen LogP contribution in [0.25, 0.3) is 0 Å². The Bertz CT molecular complexity index is 1080. The third-order valence-electron chi connectivity index (χ3n) is 7.81. The van der Waals surface area contributed by atoms with Crippen molar-refractivity contribution in [2.75, 3.05) is 49.1 Å². The van der Waals surface area contributed by atoms with E-state index in [0.717, 1.165) is 52.4 Å². The molecule has 0 saturated carbocycles. The number of hydrogen-bond acceptors (Lipinski definition) is 4. The maximum Gasteiger partial charge on any atom is 0.0398 e. The van der Waals surface area contributed by atoms with Gasteiger partial charge in [0.15, 0.2) is 0 Å². The molecule has 4 heteroatoms. The Kier molecular flexibility index (Phi) is 7.40. The topological polar surface area (TPSA) is 13.0 Å². The first kappa shape index (κ1) is 23.9. The summed E-state index contributed by atoms with van der Waals surface area (Å²) in [6.07, 6.45) is 0. The molecule has 2 aliphatic heterocycles. The van der Waals surface area contributed by atoms with Gasteiger partial charge in [-0.15, -0.1) is 0 Å². The molecule has 5 rings (SSSR count). The van der Waals surface area contributed by atoms with E-state index < -0.39 is 0 Å². The van der Waals surface area contributed by atoms with Crippen molar-refractivity contribution in [3.8, 4) is 0 Å². The van der Waals surface area contributed by atoms with Crippen molar-refractivity contribution in [2.45, 2.75) is 45.9 Å². The van der Waals surface area contributed by atoms with Crippen molar-refractivity contribution in [1.29, 1.82) is 0 Å². The van der Waals surface area contributed by atoms with Gasteiger partial charge in [-0.05, 0) is 55.7 Å². The molecule has 0 aliphatic carbocycles. The predicted octanol–water partition coefficient (Wildman–Crippen LogP) is 5.42. The highest BCUT2D eigenvalue weighted by molar-refractivity contribution is 5.62. The zero-order valence-electron chi connectivity index (χ0n) is 21.6. The average molecular weight is 469 g/mol.